The van der Waals surface area contributed by atoms with Crippen LogP contribution in [0.5, 0.6) is 0 Å². The molecule has 5 aromatic carbocycles. The molecule has 0 aromatic heterocycles. The molecule has 0 spiro atoms. The largest absolute Gasteiger partial charge is 0.370 e. The van der Waals surface area contributed by atoms with E-state index in [1.807, 2.05) is 45.0 Å². The van der Waals surface area contributed by atoms with Gasteiger partial charge in [-0.05, 0) is 134 Å². The molecule has 336 valence electrons. The summed E-state index contributed by atoms with van der Waals surface area (Å²) in [5.41, 5.74) is 20.9. The predicted molar refractivity (Wildman–Crippen MR) is 291 cm³/mol. The van der Waals surface area contributed by atoms with E-state index in [1.165, 1.54) is 98.2 Å². The molecule has 2 aliphatic carbocycles. The van der Waals surface area contributed by atoms with E-state index in [9.17, 15) is 0 Å². The van der Waals surface area contributed by atoms with Gasteiger partial charge in [0.2, 0.25) is 0 Å². The van der Waals surface area contributed by atoms with E-state index in [-0.39, 0.29) is 0 Å². The standard InChI is InChI=1S/C27H25N.C15H18.C13H18.C7H8.C2H6/c1-20-11-14-22(15-12-20)24-7-6-8-25(19-24)23-16-13-21(2)26-9-4-5-10-27(26)28(3)18-17-23;1-3-13-9-5-7-11-15(13)14-10-6-4-8-12(14)2;1-4-8-11(3)13-10-7-6-9-12(13)5-2;1-7-5-3-2-4-6-7;1-2/h4-17,19H,2,18H2,1,3H3;5-7,9-11H,3-4,8H2,1-2H3;4,7-8,10H,3,5-6,9H2,1-2H3;2-6H,1H3;1-2H3/b16-13-,23-17+;;8-4-;;. The van der Waals surface area contributed by atoms with Gasteiger partial charge in [-0.15, -0.1) is 0 Å². The van der Waals surface area contributed by atoms with Crippen molar-refractivity contribution in [3.05, 3.63) is 251 Å². The summed E-state index contributed by atoms with van der Waals surface area (Å²) >= 11 is 0. The lowest BCUT2D eigenvalue weighted by molar-refractivity contribution is 0.880. The van der Waals surface area contributed by atoms with Crippen LogP contribution in [0.2, 0.25) is 0 Å². The molecule has 0 N–H and O–H groups in total. The molecule has 1 heteroatoms. The number of allylic oxidation sites excluding steroid dienone is 15. The van der Waals surface area contributed by atoms with Gasteiger partial charge in [0.15, 0.2) is 0 Å². The minimum absolute atomic E-state index is 0.846. The molecule has 1 nitrogen and oxygen atoms in total. The first-order valence-corrected chi connectivity index (χ1v) is 23.8. The van der Waals surface area contributed by atoms with E-state index in [0.29, 0.717) is 0 Å². The Labute approximate surface area is 395 Å². The molecular formula is C64H75N. The van der Waals surface area contributed by atoms with Crippen LogP contribution in [0.25, 0.3) is 27.8 Å². The van der Waals surface area contributed by atoms with Crippen LogP contribution in [-0.4, -0.2) is 13.6 Å². The summed E-state index contributed by atoms with van der Waals surface area (Å²) in [5.74, 6) is 0. The third-order valence-electron chi connectivity index (χ3n) is 11.8. The van der Waals surface area contributed by atoms with Gasteiger partial charge in [-0.3, -0.25) is 0 Å². The molecule has 8 rings (SSSR count). The van der Waals surface area contributed by atoms with Gasteiger partial charge in [0.1, 0.15) is 0 Å². The first-order chi connectivity index (χ1) is 31.6. The molecule has 1 heterocycles. The van der Waals surface area contributed by atoms with Gasteiger partial charge < -0.3 is 4.90 Å². The first kappa shape index (κ1) is 51.2. The van der Waals surface area contributed by atoms with Crippen molar-refractivity contribution in [1.29, 1.82) is 0 Å². The second-order valence-electron chi connectivity index (χ2n) is 16.5. The quantitative estimate of drug-likeness (QED) is 0.147. The molecule has 0 bridgehead atoms. The highest BCUT2D eigenvalue weighted by Gasteiger charge is 2.12. The van der Waals surface area contributed by atoms with Crippen molar-refractivity contribution in [2.75, 3.05) is 18.5 Å². The van der Waals surface area contributed by atoms with E-state index in [0.717, 1.165) is 30.5 Å². The number of aryl methyl sites for hydroxylation is 3. The van der Waals surface area contributed by atoms with Gasteiger partial charge in [0, 0.05) is 24.8 Å². The van der Waals surface area contributed by atoms with Gasteiger partial charge in [-0.1, -0.05) is 233 Å². The number of fused-ring (bicyclic) bond motifs is 1. The van der Waals surface area contributed by atoms with Gasteiger partial charge in [0.05, 0.1) is 0 Å². The van der Waals surface area contributed by atoms with Crippen LogP contribution in [0.1, 0.15) is 107 Å². The summed E-state index contributed by atoms with van der Waals surface area (Å²) in [4.78, 5) is 2.28. The smallest absolute Gasteiger partial charge is 0.0445 e. The molecule has 1 aliphatic heterocycles. The Morgan fingerprint density at radius 3 is 1.92 bits per heavy atom. The monoisotopic (exact) mass is 858 g/mol. The Bertz CT molecular complexity index is 2510. The van der Waals surface area contributed by atoms with Crippen LogP contribution in [0.4, 0.5) is 5.69 Å². The molecule has 5 aromatic rings. The minimum Gasteiger partial charge on any atom is -0.370 e. The molecular weight excluding hydrogens is 783 g/mol. The fourth-order valence-electron chi connectivity index (χ4n) is 8.03. The fourth-order valence-corrected chi connectivity index (χ4v) is 8.03. The summed E-state index contributed by atoms with van der Waals surface area (Å²) in [7, 11) is 2.13. The summed E-state index contributed by atoms with van der Waals surface area (Å²) in [5, 5.41) is 0. The van der Waals surface area contributed by atoms with Gasteiger partial charge in [-0.2, -0.15) is 0 Å². The Kier molecular flexibility index (Phi) is 21.8. The second kappa shape index (κ2) is 27.7. The van der Waals surface area contributed by atoms with E-state index < -0.39 is 0 Å². The van der Waals surface area contributed by atoms with Crippen LogP contribution in [0.15, 0.2) is 218 Å². The van der Waals surface area contributed by atoms with Crippen LogP contribution < -0.4 is 4.90 Å². The van der Waals surface area contributed by atoms with Crippen molar-refractivity contribution in [3.63, 3.8) is 0 Å². The topological polar surface area (TPSA) is 3.24 Å². The number of anilines is 1. The highest BCUT2D eigenvalue weighted by molar-refractivity contribution is 5.87. The third kappa shape index (κ3) is 15.6. The molecule has 0 radical (unpaired) electrons. The Hall–Kier alpha value is -6.44. The van der Waals surface area contributed by atoms with E-state index in [2.05, 4.69) is 218 Å². The molecule has 0 unspecified atom stereocenters. The fraction of sp³-hybridized carbons (Fsp3) is 0.250. The molecule has 0 atom stereocenters. The third-order valence-corrected chi connectivity index (χ3v) is 11.8. The zero-order valence-corrected chi connectivity index (χ0v) is 41.1. The van der Waals surface area contributed by atoms with Crippen LogP contribution >= 0.6 is 0 Å². The van der Waals surface area contributed by atoms with Gasteiger partial charge in [-0.25, -0.2) is 0 Å². The van der Waals surface area contributed by atoms with Crippen molar-refractivity contribution < 1.29 is 0 Å². The molecule has 0 fully saturated rings. The Morgan fingerprint density at radius 2 is 1.26 bits per heavy atom. The van der Waals surface area contributed by atoms with Crippen molar-refractivity contribution in [2.45, 2.75) is 93.9 Å². The molecule has 3 aliphatic rings. The molecule has 0 saturated heterocycles. The first-order valence-electron chi connectivity index (χ1n) is 23.8. The van der Waals surface area contributed by atoms with E-state index in [1.54, 1.807) is 5.57 Å². The number of nitrogens with zero attached hydrogens (tertiary/aromatic N) is 1. The zero-order chi connectivity index (χ0) is 47.0. The number of hydrogen-bond acceptors (Lipinski definition) is 1. The lowest BCUT2D eigenvalue weighted by Gasteiger charge is -2.21. The summed E-state index contributed by atoms with van der Waals surface area (Å²) in [6.45, 7) is 26.1. The van der Waals surface area contributed by atoms with E-state index in [4.69, 9.17) is 0 Å². The van der Waals surface area contributed by atoms with Gasteiger partial charge in [0.25, 0.3) is 0 Å². The van der Waals surface area contributed by atoms with E-state index >= 15 is 0 Å². The highest BCUT2D eigenvalue weighted by Crippen LogP contribution is 2.32. The number of rotatable bonds is 7. The number of hydrogen-bond donors (Lipinski definition) is 0. The lowest BCUT2D eigenvalue weighted by atomic mass is 9.90. The minimum atomic E-state index is 0.846. The number of para-hydroxylation sites is 1. The Morgan fingerprint density at radius 1 is 0.631 bits per heavy atom. The predicted octanol–water partition coefficient (Wildman–Crippen LogP) is 18.3. The number of benzene rings is 5. The highest BCUT2D eigenvalue weighted by atomic mass is 15.1. The SMILES string of the molecule is C=C(/C=C\C)C1=C(CC)CCC=C1.C=C1/C=C\C(c2cccc(-c3ccc(C)cc3)c2)=C/CN(C)c2ccccc21.CC.CCc1ccccc1C1=C(C)CCC=C1.Cc1ccccc1. The van der Waals surface area contributed by atoms with Crippen molar-refractivity contribution in [2.24, 2.45) is 0 Å². The normalized spacial score (nSPS) is 15.4. The van der Waals surface area contributed by atoms with Crippen molar-refractivity contribution >= 4 is 22.4 Å². The average Bonchev–Trinajstić information content (AvgIpc) is 3.41. The molecule has 65 heavy (non-hydrogen) atoms. The maximum absolute atomic E-state index is 4.29. The number of likely N-dealkylation sites (N-methyl/N-ethyl adjacent to an activating group) is 1. The Balaban J connectivity index is 0.000000210. The maximum Gasteiger partial charge on any atom is 0.0445 e. The summed E-state index contributed by atoms with van der Waals surface area (Å²) < 4.78 is 0. The lowest BCUT2D eigenvalue weighted by Crippen LogP contribution is -2.18. The van der Waals surface area contributed by atoms with Gasteiger partial charge >= 0.3 is 0 Å². The van der Waals surface area contributed by atoms with Crippen molar-refractivity contribution in [3.8, 4) is 11.1 Å². The summed E-state index contributed by atoms with van der Waals surface area (Å²) in [6.07, 6.45) is 26.8. The zero-order valence-electron chi connectivity index (χ0n) is 41.1. The molecule has 0 amide bonds. The van der Waals surface area contributed by atoms with Crippen LogP contribution in [-0.2, 0) is 6.42 Å². The second-order valence-corrected chi connectivity index (χ2v) is 16.5. The summed E-state index contributed by atoms with van der Waals surface area (Å²) in [6, 6.07) is 44.9. The molecule has 0 saturated carbocycles. The van der Waals surface area contributed by atoms with Crippen molar-refractivity contribution in [1.82, 2.24) is 0 Å². The van der Waals surface area contributed by atoms with Crippen LogP contribution in [0.3, 0.4) is 0 Å². The average molecular weight is 858 g/mol. The van der Waals surface area contributed by atoms with Crippen LogP contribution in [0, 0.1) is 13.8 Å². The maximum atomic E-state index is 4.29.